The van der Waals surface area contributed by atoms with Gasteiger partial charge in [-0.25, -0.2) is 0 Å². The summed E-state index contributed by atoms with van der Waals surface area (Å²) in [5.74, 6) is -1.59. The molecule has 0 aliphatic carbocycles. The van der Waals surface area contributed by atoms with Gasteiger partial charge in [0.25, 0.3) is 10.1 Å². The normalized spacial score (nSPS) is 15.0. The third kappa shape index (κ3) is 26.9. The van der Waals surface area contributed by atoms with E-state index < -0.39 is 40.0 Å². The molecule has 7 nitrogen and oxygen atoms in total. The maximum Gasteiger partial charge on any atom is 0.267 e. The summed E-state index contributed by atoms with van der Waals surface area (Å²) < 4.78 is 32.2. The number of allylic oxidation sites excluding steroid dienone is 7. The molecular weight excluding hydrogens is 538 g/mol. The molecule has 3 unspecified atom stereocenters. The van der Waals surface area contributed by atoms with Crippen molar-refractivity contribution in [2.45, 2.75) is 148 Å². The maximum atomic E-state index is 12.4. The van der Waals surface area contributed by atoms with Gasteiger partial charge in [-0.3, -0.25) is 9.35 Å². The van der Waals surface area contributed by atoms with Gasteiger partial charge in [-0.1, -0.05) is 114 Å². The first-order valence-electron chi connectivity index (χ1n) is 15.9. The fraction of sp³-hybridized carbons (Fsp3) is 0.727. The Bertz CT molecular complexity index is 850. The molecule has 0 aliphatic heterocycles. The number of rotatable bonds is 27. The number of amides is 1. The Labute approximate surface area is 251 Å². The number of unbranched alkanes of at least 4 members (excludes halogenated alkanes) is 12. The molecular formula is C33H59NO6S. The summed E-state index contributed by atoms with van der Waals surface area (Å²) in [6, 6.07) is -1.26. The molecule has 0 rings (SSSR count). The first-order chi connectivity index (χ1) is 19.7. The van der Waals surface area contributed by atoms with Crippen LogP contribution in [-0.2, 0) is 14.9 Å². The van der Waals surface area contributed by atoms with E-state index in [9.17, 15) is 28.0 Å². The van der Waals surface area contributed by atoms with Crippen molar-refractivity contribution in [2.75, 3.05) is 5.75 Å². The van der Waals surface area contributed by atoms with Gasteiger partial charge in [0.1, 0.15) is 6.10 Å². The van der Waals surface area contributed by atoms with Gasteiger partial charge in [0.05, 0.1) is 17.9 Å². The zero-order chi connectivity index (χ0) is 30.6. The fourth-order valence-electron chi connectivity index (χ4n) is 4.29. The molecule has 0 aromatic rings. The third-order valence-electron chi connectivity index (χ3n) is 6.81. The van der Waals surface area contributed by atoms with Crippen LogP contribution in [0.1, 0.15) is 129 Å². The number of hydrogen-bond donors (Lipinski definition) is 4. The van der Waals surface area contributed by atoms with Crippen molar-refractivity contribution >= 4 is 16.0 Å². The molecule has 4 N–H and O–H groups in total. The molecule has 0 saturated carbocycles. The van der Waals surface area contributed by atoms with E-state index >= 15 is 0 Å². The van der Waals surface area contributed by atoms with Gasteiger partial charge in [-0.05, 0) is 64.2 Å². The van der Waals surface area contributed by atoms with Crippen LogP contribution in [0.15, 0.2) is 48.6 Å². The largest absolute Gasteiger partial charge is 0.387 e. The number of aliphatic hydroxyl groups excluding tert-OH is 2. The summed E-state index contributed by atoms with van der Waals surface area (Å²) in [4.78, 5) is 12.4. The minimum absolute atomic E-state index is 0.254. The van der Waals surface area contributed by atoms with Crippen molar-refractivity contribution < 1.29 is 28.0 Å². The molecule has 3 atom stereocenters. The van der Waals surface area contributed by atoms with Crippen molar-refractivity contribution in [3.05, 3.63) is 48.6 Å². The Morgan fingerprint density at radius 1 is 0.659 bits per heavy atom. The maximum absolute atomic E-state index is 12.4. The lowest BCUT2D eigenvalue weighted by Gasteiger charge is -2.22. The highest BCUT2D eigenvalue weighted by Crippen LogP contribution is 2.10. The van der Waals surface area contributed by atoms with E-state index in [1.807, 2.05) is 0 Å². The lowest BCUT2D eigenvalue weighted by atomic mass is 10.1. The second-order valence-corrected chi connectivity index (χ2v) is 12.3. The Balaban J connectivity index is 4.35. The molecule has 0 aromatic heterocycles. The minimum atomic E-state index is -4.45. The molecule has 0 radical (unpaired) electrons. The molecule has 0 aliphatic rings. The number of hydrogen-bond acceptors (Lipinski definition) is 5. The monoisotopic (exact) mass is 597 g/mol. The van der Waals surface area contributed by atoms with E-state index in [4.69, 9.17) is 0 Å². The minimum Gasteiger partial charge on any atom is -0.387 e. The van der Waals surface area contributed by atoms with E-state index in [0.29, 0.717) is 12.8 Å². The highest BCUT2D eigenvalue weighted by atomic mass is 32.2. The molecule has 238 valence electrons. The molecule has 0 saturated heterocycles. The molecule has 0 spiro atoms. The second kappa shape index (κ2) is 27.1. The van der Waals surface area contributed by atoms with Crippen LogP contribution in [0.3, 0.4) is 0 Å². The van der Waals surface area contributed by atoms with Gasteiger partial charge in [-0.15, -0.1) is 0 Å². The van der Waals surface area contributed by atoms with Crippen molar-refractivity contribution in [3.63, 3.8) is 0 Å². The molecule has 1 amide bonds. The van der Waals surface area contributed by atoms with Crippen molar-refractivity contribution in [1.82, 2.24) is 5.32 Å². The average molecular weight is 598 g/mol. The quantitative estimate of drug-likeness (QED) is 0.0445. The summed E-state index contributed by atoms with van der Waals surface area (Å²) in [5.41, 5.74) is 0. The predicted octanol–water partition coefficient (Wildman–Crippen LogP) is 7.37. The van der Waals surface area contributed by atoms with E-state index in [1.165, 1.54) is 44.6 Å². The number of carbonyl (C=O) groups is 1. The molecule has 0 bridgehead atoms. The van der Waals surface area contributed by atoms with Gasteiger partial charge in [-0.2, -0.15) is 8.42 Å². The van der Waals surface area contributed by atoms with Crippen LogP contribution in [0.5, 0.6) is 0 Å². The topological polar surface area (TPSA) is 124 Å². The molecule has 0 heterocycles. The third-order valence-corrected chi connectivity index (χ3v) is 7.59. The summed E-state index contributed by atoms with van der Waals surface area (Å²) in [5, 5.41) is 23.1. The van der Waals surface area contributed by atoms with E-state index in [1.54, 1.807) is 6.08 Å². The summed E-state index contributed by atoms with van der Waals surface area (Å²) in [6.45, 7) is 4.39. The van der Waals surface area contributed by atoms with Crippen molar-refractivity contribution in [3.8, 4) is 0 Å². The van der Waals surface area contributed by atoms with Crippen LogP contribution >= 0.6 is 0 Å². The predicted molar refractivity (Wildman–Crippen MR) is 171 cm³/mol. The summed E-state index contributed by atoms with van der Waals surface area (Å²) in [7, 11) is -4.45. The molecule has 41 heavy (non-hydrogen) atoms. The Hall–Kier alpha value is -1.74. The van der Waals surface area contributed by atoms with Crippen LogP contribution in [0.2, 0.25) is 0 Å². The molecule has 0 aromatic carbocycles. The van der Waals surface area contributed by atoms with E-state index in [0.717, 1.165) is 57.8 Å². The van der Waals surface area contributed by atoms with Gasteiger partial charge in [0, 0.05) is 0 Å². The van der Waals surface area contributed by atoms with Crippen LogP contribution in [0.25, 0.3) is 0 Å². The fourth-order valence-corrected chi connectivity index (χ4v) is 5.02. The van der Waals surface area contributed by atoms with Crippen molar-refractivity contribution in [2.24, 2.45) is 0 Å². The van der Waals surface area contributed by atoms with E-state index in [2.05, 4.69) is 55.6 Å². The highest BCUT2D eigenvalue weighted by Gasteiger charge is 2.27. The zero-order valence-electron chi connectivity index (χ0n) is 25.8. The molecule has 8 heteroatoms. The second-order valence-electron chi connectivity index (χ2n) is 10.9. The van der Waals surface area contributed by atoms with Crippen LogP contribution in [0.4, 0.5) is 0 Å². The average Bonchev–Trinajstić information content (AvgIpc) is 2.92. The van der Waals surface area contributed by atoms with Crippen LogP contribution in [-0.4, -0.2) is 53.1 Å². The standard InChI is InChI=1S/C33H59NO6S/c1-3-5-7-9-11-13-15-16-17-18-20-21-23-25-27-31(35)30(29-41(38,39)40)34-33(37)32(36)28-26-24-22-19-14-12-10-8-6-4-2/h10,12-13,15,18,20,25,27,30-32,35-36H,3-9,11,14,16-17,19,21-24,26,28-29H2,1-2H3,(H,34,37)(H,38,39,40)/b12-10-,15-13+,20-18+,27-25+. The van der Waals surface area contributed by atoms with Gasteiger partial charge >= 0.3 is 0 Å². The van der Waals surface area contributed by atoms with Crippen LogP contribution < -0.4 is 5.32 Å². The smallest absolute Gasteiger partial charge is 0.267 e. The Morgan fingerprint density at radius 3 is 1.66 bits per heavy atom. The molecule has 0 fully saturated rings. The number of nitrogens with one attached hydrogen (secondary N) is 1. The Morgan fingerprint density at radius 2 is 1.12 bits per heavy atom. The number of carbonyl (C=O) groups excluding carboxylic acids is 1. The van der Waals surface area contributed by atoms with Gasteiger partial charge in [0.15, 0.2) is 0 Å². The van der Waals surface area contributed by atoms with Crippen LogP contribution in [0, 0.1) is 0 Å². The highest BCUT2D eigenvalue weighted by molar-refractivity contribution is 7.85. The lowest BCUT2D eigenvalue weighted by molar-refractivity contribution is -0.130. The zero-order valence-corrected chi connectivity index (χ0v) is 26.6. The Kier molecular flexibility index (Phi) is 26.0. The van der Waals surface area contributed by atoms with Gasteiger partial charge in [0.2, 0.25) is 5.91 Å². The van der Waals surface area contributed by atoms with E-state index in [-0.39, 0.29) is 6.42 Å². The number of aliphatic hydroxyl groups is 2. The first kappa shape index (κ1) is 39.3. The SMILES string of the molecule is CCCC/C=C\CCCCCCC(O)C(=O)NC(CS(=O)(=O)O)C(O)/C=C/CC/C=C/CC/C=C/CCCCCC. The van der Waals surface area contributed by atoms with Gasteiger partial charge < -0.3 is 15.5 Å². The lowest BCUT2D eigenvalue weighted by Crippen LogP contribution is -2.50. The first-order valence-corrected chi connectivity index (χ1v) is 17.6. The summed E-state index contributed by atoms with van der Waals surface area (Å²) >= 11 is 0. The summed E-state index contributed by atoms with van der Waals surface area (Å²) in [6.07, 6.45) is 31.7. The van der Waals surface area contributed by atoms with Crippen molar-refractivity contribution in [1.29, 1.82) is 0 Å².